The van der Waals surface area contributed by atoms with Crippen LogP contribution in [-0.2, 0) is 4.79 Å². The van der Waals surface area contributed by atoms with Crippen molar-refractivity contribution in [1.29, 1.82) is 0 Å². The fourth-order valence-corrected chi connectivity index (χ4v) is 3.37. The zero-order chi connectivity index (χ0) is 15.7. The lowest BCUT2D eigenvalue weighted by molar-refractivity contribution is -0.150. The van der Waals surface area contributed by atoms with Crippen molar-refractivity contribution in [3.05, 3.63) is 0 Å². The van der Waals surface area contributed by atoms with Crippen LogP contribution in [0.15, 0.2) is 0 Å². The van der Waals surface area contributed by atoms with Gasteiger partial charge in [-0.05, 0) is 59.5 Å². The number of likely N-dealkylation sites (N-methyl/N-ethyl adjacent to an activating group) is 1. The van der Waals surface area contributed by atoms with Crippen molar-refractivity contribution in [1.82, 2.24) is 15.1 Å². The number of carboxylic acid groups (broad SMARTS) is 1. The Morgan fingerprint density at radius 3 is 2.33 bits per heavy atom. The summed E-state index contributed by atoms with van der Waals surface area (Å²) in [5.41, 5.74) is -1.03. The molecule has 0 aromatic carbocycles. The maximum Gasteiger partial charge on any atom is 0.329 e. The van der Waals surface area contributed by atoms with Gasteiger partial charge in [0.25, 0.3) is 0 Å². The van der Waals surface area contributed by atoms with E-state index in [0.717, 1.165) is 25.7 Å². The van der Waals surface area contributed by atoms with Crippen LogP contribution in [0.5, 0.6) is 0 Å². The van der Waals surface area contributed by atoms with E-state index in [4.69, 9.17) is 0 Å². The number of amides is 2. The number of nitrogens with zero attached hydrogens (tertiary/aromatic N) is 2. The zero-order valence-corrected chi connectivity index (χ0v) is 13.3. The highest BCUT2D eigenvalue weighted by Crippen LogP contribution is 2.35. The molecule has 2 aliphatic rings. The number of rotatable bonds is 4. The first-order chi connectivity index (χ1) is 9.82. The van der Waals surface area contributed by atoms with Crippen molar-refractivity contribution in [3.8, 4) is 0 Å². The van der Waals surface area contributed by atoms with Crippen molar-refractivity contribution in [3.63, 3.8) is 0 Å². The molecule has 1 aliphatic carbocycles. The van der Waals surface area contributed by atoms with Crippen LogP contribution in [0.2, 0.25) is 0 Å². The standard InChI is InChI=1S/C15H27N3O3/c1-14(12(19)20)7-4-5-10-18(14)13(21)16-11-15(17(2)3)8-6-9-15/h4-11H2,1-3H3,(H,16,21)(H,19,20). The summed E-state index contributed by atoms with van der Waals surface area (Å²) in [7, 11) is 4.07. The van der Waals surface area contributed by atoms with E-state index in [1.54, 1.807) is 6.92 Å². The molecular weight excluding hydrogens is 270 g/mol. The summed E-state index contributed by atoms with van der Waals surface area (Å²) >= 11 is 0. The molecule has 0 aromatic rings. The van der Waals surface area contributed by atoms with Crippen LogP contribution in [0.1, 0.15) is 45.4 Å². The quantitative estimate of drug-likeness (QED) is 0.825. The van der Waals surface area contributed by atoms with Gasteiger partial charge >= 0.3 is 12.0 Å². The third-order valence-corrected chi connectivity index (χ3v) is 5.40. The molecule has 120 valence electrons. The molecule has 0 spiro atoms. The van der Waals surface area contributed by atoms with Gasteiger partial charge in [0.1, 0.15) is 5.54 Å². The van der Waals surface area contributed by atoms with Crippen LogP contribution in [0.4, 0.5) is 4.79 Å². The molecule has 6 heteroatoms. The van der Waals surface area contributed by atoms with Gasteiger partial charge in [-0.3, -0.25) is 0 Å². The Kier molecular flexibility index (Phi) is 4.46. The second kappa shape index (κ2) is 5.83. The Labute approximate surface area is 126 Å². The molecule has 1 unspecified atom stereocenters. The lowest BCUT2D eigenvalue weighted by atomic mass is 9.75. The number of hydrogen-bond acceptors (Lipinski definition) is 3. The summed E-state index contributed by atoms with van der Waals surface area (Å²) in [5.74, 6) is -0.914. The number of carbonyl (C=O) groups is 2. The van der Waals surface area contributed by atoms with Crippen molar-refractivity contribution in [2.45, 2.75) is 56.5 Å². The Balaban J connectivity index is 2.00. The molecule has 0 radical (unpaired) electrons. The predicted molar refractivity (Wildman–Crippen MR) is 80.3 cm³/mol. The van der Waals surface area contributed by atoms with Crippen molar-refractivity contribution in [2.24, 2.45) is 0 Å². The van der Waals surface area contributed by atoms with Gasteiger partial charge in [0.05, 0.1) is 0 Å². The van der Waals surface area contributed by atoms with Crippen LogP contribution in [0.3, 0.4) is 0 Å². The SMILES string of the molecule is CN(C)C1(CNC(=O)N2CCCCC2(C)C(=O)O)CCC1. The Hall–Kier alpha value is -1.30. The van der Waals surface area contributed by atoms with E-state index >= 15 is 0 Å². The van der Waals surface area contributed by atoms with Gasteiger partial charge in [-0.15, -0.1) is 0 Å². The maximum absolute atomic E-state index is 12.5. The molecule has 1 heterocycles. The van der Waals surface area contributed by atoms with E-state index in [1.165, 1.54) is 11.3 Å². The average Bonchev–Trinajstić information content (AvgIpc) is 2.37. The fourth-order valence-electron chi connectivity index (χ4n) is 3.37. The number of piperidine rings is 1. The Morgan fingerprint density at radius 2 is 1.86 bits per heavy atom. The summed E-state index contributed by atoms with van der Waals surface area (Å²) in [6, 6.07) is -0.243. The van der Waals surface area contributed by atoms with Crippen LogP contribution in [0.25, 0.3) is 0 Å². The van der Waals surface area contributed by atoms with E-state index in [1.807, 2.05) is 14.1 Å². The van der Waals surface area contributed by atoms with Crippen molar-refractivity contribution < 1.29 is 14.7 Å². The number of hydrogen-bond donors (Lipinski definition) is 2. The molecule has 1 saturated carbocycles. The fraction of sp³-hybridized carbons (Fsp3) is 0.867. The number of urea groups is 1. The van der Waals surface area contributed by atoms with Crippen LogP contribution < -0.4 is 5.32 Å². The van der Waals surface area contributed by atoms with Crippen molar-refractivity contribution >= 4 is 12.0 Å². The third kappa shape index (κ3) is 2.86. The molecule has 0 aromatic heterocycles. The summed E-state index contributed by atoms with van der Waals surface area (Å²) < 4.78 is 0. The normalized spacial score (nSPS) is 28.1. The average molecular weight is 297 g/mol. The summed E-state index contributed by atoms with van der Waals surface area (Å²) in [6.07, 6.45) is 5.59. The molecule has 1 atom stereocenters. The number of aliphatic carboxylic acids is 1. The van der Waals surface area contributed by atoms with E-state index in [2.05, 4.69) is 10.2 Å². The molecule has 21 heavy (non-hydrogen) atoms. The number of carboxylic acids is 1. The van der Waals surface area contributed by atoms with Crippen LogP contribution >= 0.6 is 0 Å². The largest absolute Gasteiger partial charge is 0.480 e. The smallest absolute Gasteiger partial charge is 0.329 e. The highest BCUT2D eigenvalue weighted by Gasteiger charge is 2.45. The summed E-state index contributed by atoms with van der Waals surface area (Å²) in [6.45, 7) is 2.76. The monoisotopic (exact) mass is 297 g/mol. The van der Waals surface area contributed by atoms with Crippen LogP contribution in [-0.4, -0.2) is 65.2 Å². The minimum Gasteiger partial charge on any atom is -0.480 e. The van der Waals surface area contributed by atoms with E-state index < -0.39 is 11.5 Å². The van der Waals surface area contributed by atoms with Gasteiger partial charge in [-0.2, -0.15) is 0 Å². The zero-order valence-electron chi connectivity index (χ0n) is 13.3. The van der Waals surface area contributed by atoms with Gasteiger partial charge in [0.15, 0.2) is 0 Å². The Morgan fingerprint density at radius 1 is 1.19 bits per heavy atom. The number of likely N-dealkylation sites (tertiary alicyclic amines) is 1. The minimum absolute atomic E-state index is 0.0467. The second-order valence-electron chi connectivity index (χ2n) is 6.82. The molecule has 1 saturated heterocycles. The highest BCUT2D eigenvalue weighted by atomic mass is 16.4. The van der Waals surface area contributed by atoms with E-state index in [-0.39, 0.29) is 11.6 Å². The first-order valence-electron chi connectivity index (χ1n) is 7.78. The first kappa shape index (κ1) is 16.1. The summed E-state index contributed by atoms with van der Waals surface area (Å²) in [5, 5.41) is 12.4. The highest BCUT2D eigenvalue weighted by molar-refractivity contribution is 5.86. The third-order valence-electron chi connectivity index (χ3n) is 5.40. The van der Waals surface area contributed by atoms with Crippen LogP contribution in [0, 0.1) is 0 Å². The molecular formula is C15H27N3O3. The van der Waals surface area contributed by atoms with Gasteiger partial charge < -0.3 is 20.2 Å². The van der Waals surface area contributed by atoms with E-state index in [9.17, 15) is 14.7 Å². The van der Waals surface area contributed by atoms with Gasteiger partial charge in [0, 0.05) is 18.6 Å². The molecule has 1 aliphatic heterocycles. The number of carbonyl (C=O) groups excluding carboxylic acids is 1. The molecule has 2 rings (SSSR count). The first-order valence-corrected chi connectivity index (χ1v) is 7.78. The molecule has 2 amide bonds. The van der Waals surface area contributed by atoms with Crippen molar-refractivity contribution in [2.75, 3.05) is 27.2 Å². The van der Waals surface area contributed by atoms with Gasteiger partial charge in [-0.1, -0.05) is 0 Å². The van der Waals surface area contributed by atoms with Gasteiger partial charge in [0.2, 0.25) is 0 Å². The van der Waals surface area contributed by atoms with Gasteiger partial charge in [-0.25, -0.2) is 9.59 Å². The molecule has 0 bridgehead atoms. The summed E-state index contributed by atoms with van der Waals surface area (Å²) in [4.78, 5) is 27.7. The van der Waals surface area contributed by atoms with E-state index in [0.29, 0.717) is 19.5 Å². The lowest BCUT2D eigenvalue weighted by Crippen LogP contribution is -2.63. The molecule has 2 N–H and O–H groups in total. The lowest BCUT2D eigenvalue weighted by Gasteiger charge is -2.48. The predicted octanol–water partition coefficient (Wildman–Crippen LogP) is 1.51. The number of nitrogens with one attached hydrogen (secondary N) is 1. The Bertz CT molecular complexity index is 420. The molecule has 2 fully saturated rings. The molecule has 6 nitrogen and oxygen atoms in total. The topological polar surface area (TPSA) is 72.9 Å². The minimum atomic E-state index is -1.08. The maximum atomic E-state index is 12.5. The second-order valence-corrected chi connectivity index (χ2v) is 6.82.